The number of benzene rings is 2. The molecule has 0 fully saturated rings. The number of halogens is 4. The Morgan fingerprint density at radius 1 is 1.16 bits per heavy atom. The van der Waals surface area contributed by atoms with Gasteiger partial charge >= 0.3 is 12.3 Å². The monoisotopic (exact) mass is 498 g/mol. The van der Waals surface area contributed by atoms with E-state index in [0.717, 1.165) is 22.2 Å². The molecule has 0 saturated heterocycles. The lowest BCUT2D eigenvalue weighted by atomic mass is 9.91. The number of alkyl halides is 3. The molecule has 0 spiro atoms. The van der Waals surface area contributed by atoms with Crippen LogP contribution in [0.25, 0.3) is 0 Å². The Kier molecular flexibility index (Phi) is 6.36. The van der Waals surface area contributed by atoms with Crippen molar-refractivity contribution in [3.8, 4) is 0 Å². The van der Waals surface area contributed by atoms with Crippen molar-refractivity contribution in [2.75, 3.05) is 11.4 Å². The van der Waals surface area contributed by atoms with Gasteiger partial charge in [0, 0.05) is 16.7 Å². The van der Waals surface area contributed by atoms with Crippen LogP contribution in [0.3, 0.4) is 0 Å². The summed E-state index contributed by atoms with van der Waals surface area (Å²) in [5, 5.41) is 2.62. The van der Waals surface area contributed by atoms with Gasteiger partial charge < -0.3 is 10.1 Å². The number of ether oxygens (including phenoxy) is 1. The quantitative estimate of drug-likeness (QED) is 0.579. The Labute approximate surface area is 186 Å². The number of amides is 2. The topological polar surface area (TPSA) is 58.6 Å². The number of hydrogen-bond donors (Lipinski definition) is 1. The van der Waals surface area contributed by atoms with E-state index in [1.807, 2.05) is 6.07 Å². The van der Waals surface area contributed by atoms with Crippen LogP contribution in [-0.2, 0) is 22.1 Å². The fraction of sp³-hybridized carbons (Fsp3) is 0.364. The molecule has 1 atom stereocenters. The van der Waals surface area contributed by atoms with Gasteiger partial charge in [-0.1, -0.05) is 22.0 Å². The molecule has 1 unspecified atom stereocenters. The highest BCUT2D eigenvalue weighted by molar-refractivity contribution is 9.10. The van der Waals surface area contributed by atoms with E-state index in [9.17, 15) is 22.8 Å². The Bertz CT molecular complexity index is 985. The lowest BCUT2D eigenvalue weighted by Crippen LogP contribution is -2.44. The molecule has 2 amide bonds. The summed E-state index contributed by atoms with van der Waals surface area (Å²) >= 11 is 3.49. The molecule has 3 rings (SSSR count). The van der Waals surface area contributed by atoms with Crippen LogP contribution in [0.1, 0.15) is 31.9 Å². The van der Waals surface area contributed by atoms with Crippen LogP contribution >= 0.6 is 15.9 Å². The fourth-order valence-electron chi connectivity index (χ4n) is 3.34. The molecule has 2 aromatic rings. The highest BCUT2D eigenvalue weighted by Gasteiger charge is 2.36. The number of nitrogens with one attached hydrogen (secondary N) is 1. The third-order valence-corrected chi connectivity index (χ3v) is 5.44. The summed E-state index contributed by atoms with van der Waals surface area (Å²) in [7, 11) is 0. The fourth-order valence-corrected chi connectivity index (χ4v) is 3.86. The van der Waals surface area contributed by atoms with Crippen LogP contribution in [0.4, 0.5) is 29.3 Å². The van der Waals surface area contributed by atoms with Crippen molar-refractivity contribution in [2.45, 2.75) is 39.0 Å². The number of hydrogen-bond acceptors (Lipinski definition) is 3. The van der Waals surface area contributed by atoms with Gasteiger partial charge in [0.15, 0.2) is 0 Å². The zero-order valence-electron chi connectivity index (χ0n) is 17.2. The zero-order chi connectivity index (χ0) is 23.0. The van der Waals surface area contributed by atoms with Crippen LogP contribution < -0.4 is 10.2 Å². The first kappa shape index (κ1) is 23.1. The van der Waals surface area contributed by atoms with Crippen molar-refractivity contribution < 1.29 is 27.5 Å². The van der Waals surface area contributed by atoms with E-state index in [1.54, 1.807) is 32.9 Å². The van der Waals surface area contributed by atoms with Crippen molar-refractivity contribution in [2.24, 2.45) is 5.92 Å². The van der Waals surface area contributed by atoms with Crippen molar-refractivity contribution >= 4 is 39.3 Å². The molecular formula is C22H22BrF3N2O3. The zero-order valence-corrected chi connectivity index (χ0v) is 18.8. The molecule has 1 heterocycles. The van der Waals surface area contributed by atoms with Crippen LogP contribution in [0.5, 0.6) is 0 Å². The van der Waals surface area contributed by atoms with E-state index in [-0.39, 0.29) is 12.5 Å². The summed E-state index contributed by atoms with van der Waals surface area (Å²) in [4.78, 5) is 26.7. The Balaban J connectivity index is 1.90. The van der Waals surface area contributed by atoms with E-state index in [2.05, 4.69) is 21.2 Å². The molecule has 0 aromatic heterocycles. The van der Waals surface area contributed by atoms with Gasteiger partial charge in [-0.25, -0.2) is 4.79 Å². The molecule has 1 aliphatic rings. The summed E-state index contributed by atoms with van der Waals surface area (Å²) in [6, 6.07) is 9.77. The van der Waals surface area contributed by atoms with E-state index in [4.69, 9.17) is 4.74 Å². The van der Waals surface area contributed by atoms with Crippen LogP contribution in [0.15, 0.2) is 46.9 Å². The molecular weight excluding hydrogens is 477 g/mol. The molecule has 1 N–H and O–H groups in total. The van der Waals surface area contributed by atoms with Crippen LogP contribution in [0.2, 0.25) is 0 Å². The minimum absolute atomic E-state index is 0.0334. The van der Waals surface area contributed by atoms with Gasteiger partial charge in [-0.3, -0.25) is 9.69 Å². The van der Waals surface area contributed by atoms with E-state index in [1.165, 1.54) is 17.0 Å². The van der Waals surface area contributed by atoms with Crippen LogP contribution in [-0.4, -0.2) is 24.1 Å². The predicted octanol–water partition coefficient (Wildman–Crippen LogP) is 5.83. The highest BCUT2D eigenvalue weighted by atomic mass is 79.9. The molecule has 31 heavy (non-hydrogen) atoms. The SMILES string of the molecule is CC(C)(C)OC(=O)NCC1Cc2c(Br)cccc2N(c2ccc(C(F)(F)F)cc2)C1=O. The smallest absolute Gasteiger partial charge is 0.416 e. The molecule has 0 radical (unpaired) electrons. The summed E-state index contributed by atoms with van der Waals surface area (Å²) in [6.07, 6.45) is -4.74. The maximum absolute atomic E-state index is 13.3. The minimum atomic E-state index is -4.47. The maximum atomic E-state index is 13.3. The second kappa shape index (κ2) is 8.53. The number of fused-ring (bicyclic) bond motifs is 1. The van der Waals surface area contributed by atoms with Gasteiger partial charge in [-0.05, 0) is 69.2 Å². The average molecular weight is 499 g/mol. The van der Waals surface area contributed by atoms with E-state index < -0.39 is 29.4 Å². The molecule has 166 valence electrons. The summed E-state index contributed by atoms with van der Waals surface area (Å²) in [6.45, 7) is 5.24. The lowest BCUT2D eigenvalue weighted by molar-refractivity contribution is -0.137. The first-order valence-corrected chi connectivity index (χ1v) is 10.4. The maximum Gasteiger partial charge on any atom is 0.416 e. The normalized spacial score (nSPS) is 16.7. The largest absolute Gasteiger partial charge is 0.444 e. The molecule has 0 aliphatic carbocycles. The van der Waals surface area contributed by atoms with E-state index in [0.29, 0.717) is 17.8 Å². The molecule has 0 bridgehead atoms. The highest BCUT2D eigenvalue weighted by Crippen LogP contribution is 2.40. The van der Waals surface area contributed by atoms with Gasteiger partial charge in [0.05, 0.1) is 17.2 Å². The van der Waals surface area contributed by atoms with Gasteiger partial charge in [0.2, 0.25) is 5.91 Å². The number of anilines is 2. The molecule has 2 aromatic carbocycles. The Morgan fingerprint density at radius 3 is 2.39 bits per heavy atom. The third-order valence-electron chi connectivity index (χ3n) is 4.70. The number of alkyl carbamates (subject to hydrolysis) is 1. The van der Waals surface area contributed by atoms with Crippen LogP contribution in [0, 0.1) is 5.92 Å². The van der Waals surface area contributed by atoms with Crippen molar-refractivity contribution in [3.05, 3.63) is 58.1 Å². The van der Waals surface area contributed by atoms with Gasteiger partial charge in [-0.15, -0.1) is 0 Å². The number of carbonyl (C=O) groups excluding carboxylic acids is 2. The standard InChI is InChI=1S/C22H22BrF3N2O3/c1-21(2,3)31-20(30)27-12-13-11-16-17(23)5-4-6-18(16)28(19(13)29)15-9-7-14(8-10-15)22(24,25)26/h4-10,13H,11-12H2,1-3H3,(H,27,30). The first-order chi connectivity index (χ1) is 14.4. The molecule has 9 heteroatoms. The number of nitrogens with zero attached hydrogens (tertiary/aromatic N) is 1. The summed E-state index contributed by atoms with van der Waals surface area (Å²) in [5.74, 6) is -0.928. The number of carbonyl (C=O) groups is 2. The van der Waals surface area contributed by atoms with E-state index >= 15 is 0 Å². The lowest BCUT2D eigenvalue weighted by Gasteiger charge is -2.35. The summed E-state index contributed by atoms with van der Waals surface area (Å²) in [5.41, 5.74) is 0.269. The second-order valence-corrected chi connectivity index (χ2v) is 9.09. The summed E-state index contributed by atoms with van der Waals surface area (Å²) < 4.78 is 44.8. The second-order valence-electron chi connectivity index (χ2n) is 8.24. The average Bonchev–Trinajstić information content (AvgIpc) is 2.65. The Hall–Kier alpha value is -2.55. The Morgan fingerprint density at radius 2 is 1.81 bits per heavy atom. The minimum Gasteiger partial charge on any atom is -0.444 e. The van der Waals surface area contributed by atoms with Crippen molar-refractivity contribution in [3.63, 3.8) is 0 Å². The molecule has 1 aliphatic heterocycles. The third kappa shape index (κ3) is 5.39. The molecule has 5 nitrogen and oxygen atoms in total. The molecule has 0 saturated carbocycles. The van der Waals surface area contributed by atoms with Gasteiger partial charge in [0.1, 0.15) is 5.60 Å². The number of rotatable bonds is 3. The van der Waals surface area contributed by atoms with Crippen molar-refractivity contribution in [1.29, 1.82) is 0 Å². The first-order valence-electron chi connectivity index (χ1n) is 9.62. The predicted molar refractivity (Wildman–Crippen MR) is 114 cm³/mol. The van der Waals surface area contributed by atoms with Gasteiger partial charge in [-0.2, -0.15) is 13.2 Å². The van der Waals surface area contributed by atoms with Crippen molar-refractivity contribution in [1.82, 2.24) is 5.32 Å². The van der Waals surface area contributed by atoms with Gasteiger partial charge in [0.25, 0.3) is 0 Å².